The summed E-state index contributed by atoms with van der Waals surface area (Å²) >= 11 is 5.38. The van der Waals surface area contributed by atoms with Crippen molar-refractivity contribution in [1.29, 1.82) is 0 Å². The van der Waals surface area contributed by atoms with E-state index in [1.807, 2.05) is 0 Å². The first-order chi connectivity index (χ1) is 6.93. The molecule has 0 fully saturated rings. The Morgan fingerprint density at radius 2 is 2.20 bits per heavy atom. The van der Waals surface area contributed by atoms with Gasteiger partial charge in [-0.05, 0) is 0 Å². The van der Waals surface area contributed by atoms with Crippen molar-refractivity contribution in [2.45, 2.75) is 12.8 Å². The Morgan fingerprint density at radius 1 is 1.60 bits per heavy atom. The van der Waals surface area contributed by atoms with Gasteiger partial charge in [0.25, 0.3) is 6.43 Å². The van der Waals surface area contributed by atoms with Gasteiger partial charge >= 0.3 is 5.97 Å². The molecule has 4 nitrogen and oxygen atoms in total. The Hall–Kier alpha value is -1.43. The predicted octanol–water partition coefficient (Wildman–Crippen LogP) is 2.01. The molecule has 0 atom stereocenters. The second-order valence-corrected chi connectivity index (χ2v) is 3.09. The Bertz CT molecular complexity index is 398. The van der Waals surface area contributed by atoms with E-state index in [1.54, 1.807) is 0 Å². The maximum absolute atomic E-state index is 12.4. The van der Waals surface area contributed by atoms with Gasteiger partial charge in [0.1, 0.15) is 5.75 Å². The number of halogens is 3. The van der Waals surface area contributed by atoms with Gasteiger partial charge in [-0.1, -0.05) is 11.6 Å². The number of rotatable bonds is 3. The highest BCUT2D eigenvalue weighted by Gasteiger charge is 2.21. The van der Waals surface area contributed by atoms with Crippen LogP contribution in [-0.4, -0.2) is 21.2 Å². The summed E-state index contributed by atoms with van der Waals surface area (Å²) in [5.41, 5.74) is -1.12. The van der Waals surface area contributed by atoms with E-state index in [4.69, 9.17) is 16.7 Å². The lowest BCUT2D eigenvalue weighted by molar-refractivity contribution is -0.136. The van der Waals surface area contributed by atoms with Gasteiger partial charge in [0.15, 0.2) is 0 Å². The number of pyridine rings is 1. The molecule has 2 N–H and O–H groups in total. The molecule has 1 aromatic heterocycles. The molecule has 1 aromatic rings. The first kappa shape index (κ1) is 11.6. The standard InChI is InChI=1S/C8H6ClF2NO3/c9-3-2-12-4(1-5(13)14)7(15)6(3)8(10)11/h2,8,15H,1H2,(H,13,14). The zero-order valence-electron chi connectivity index (χ0n) is 7.25. The molecule has 0 saturated heterocycles. The largest absolute Gasteiger partial charge is 0.505 e. The van der Waals surface area contributed by atoms with E-state index in [2.05, 4.69) is 4.98 Å². The monoisotopic (exact) mass is 237 g/mol. The molecule has 0 spiro atoms. The predicted molar refractivity (Wildman–Crippen MR) is 47.2 cm³/mol. The van der Waals surface area contributed by atoms with E-state index in [1.165, 1.54) is 0 Å². The van der Waals surface area contributed by atoms with Crippen molar-refractivity contribution < 1.29 is 23.8 Å². The highest BCUT2D eigenvalue weighted by molar-refractivity contribution is 6.31. The molecule has 0 saturated carbocycles. The van der Waals surface area contributed by atoms with Crippen molar-refractivity contribution in [3.8, 4) is 5.75 Å². The number of aromatic hydroxyl groups is 1. The molecule has 7 heteroatoms. The number of carboxylic acid groups (broad SMARTS) is 1. The van der Waals surface area contributed by atoms with E-state index in [9.17, 15) is 18.7 Å². The summed E-state index contributed by atoms with van der Waals surface area (Å²) in [6.07, 6.45) is -2.72. The van der Waals surface area contributed by atoms with Crippen molar-refractivity contribution in [1.82, 2.24) is 4.98 Å². The molecule has 1 heterocycles. The van der Waals surface area contributed by atoms with Crippen LogP contribution in [0, 0.1) is 0 Å². The van der Waals surface area contributed by atoms with Crippen molar-refractivity contribution in [2.24, 2.45) is 0 Å². The van der Waals surface area contributed by atoms with Crippen LogP contribution in [0.25, 0.3) is 0 Å². The minimum absolute atomic E-state index is 0.331. The third-order valence-corrected chi connectivity index (χ3v) is 1.96. The minimum atomic E-state index is -2.98. The first-order valence-electron chi connectivity index (χ1n) is 3.79. The van der Waals surface area contributed by atoms with E-state index in [-0.39, 0.29) is 5.69 Å². The quantitative estimate of drug-likeness (QED) is 0.844. The van der Waals surface area contributed by atoms with Crippen LogP contribution in [-0.2, 0) is 11.2 Å². The summed E-state index contributed by atoms with van der Waals surface area (Å²) in [6, 6.07) is 0. The average Bonchev–Trinajstić information content (AvgIpc) is 2.09. The second-order valence-electron chi connectivity index (χ2n) is 2.69. The highest BCUT2D eigenvalue weighted by atomic mass is 35.5. The molecule has 0 bridgehead atoms. The third kappa shape index (κ3) is 2.53. The van der Waals surface area contributed by atoms with E-state index < -0.39 is 35.2 Å². The summed E-state index contributed by atoms with van der Waals surface area (Å²) in [7, 11) is 0. The molecule has 82 valence electrons. The zero-order valence-corrected chi connectivity index (χ0v) is 8.00. The Kier molecular flexibility index (Phi) is 3.41. The SMILES string of the molecule is O=C(O)Cc1ncc(Cl)c(C(F)F)c1O. The van der Waals surface area contributed by atoms with Gasteiger partial charge < -0.3 is 10.2 Å². The van der Waals surface area contributed by atoms with Gasteiger partial charge in [0.2, 0.25) is 0 Å². The van der Waals surface area contributed by atoms with Crippen LogP contribution in [0.3, 0.4) is 0 Å². The van der Waals surface area contributed by atoms with Gasteiger partial charge in [-0.3, -0.25) is 9.78 Å². The lowest BCUT2D eigenvalue weighted by Crippen LogP contribution is -2.04. The van der Waals surface area contributed by atoms with E-state index in [0.717, 1.165) is 6.20 Å². The van der Waals surface area contributed by atoms with Crippen molar-refractivity contribution in [3.05, 3.63) is 22.5 Å². The normalized spacial score (nSPS) is 10.7. The summed E-state index contributed by atoms with van der Waals surface area (Å²) in [5.74, 6) is -2.14. The van der Waals surface area contributed by atoms with Gasteiger partial charge in [0.05, 0.1) is 22.7 Å². The number of alkyl halides is 2. The molecule has 0 aliphatic heterocycles. The third-order valence-electron chi connectivity index (χ3n) is 1.66. The molecule has 0 amide bonds. The Balaban J connectivity index is 3.22. The fraction of sp³-hybridized carbons (Fsp3) is 0.250. The Morgan fingerprint density at radius 3 is 2.67 bits per heavy atom. The zero-order chi connectivity index (χ0) is 11.6. The Labute approximate surface area is 88.1 Å². The van der Waals surface area contributed by atoms with Crippen LogP contribution in [0.4, 0.5) is 8.78 Å². The maximum atomic E-state index is 12.4. The molecular weight excluding hydrogens is 232 g/mol. The summed E-state index contributed by atoms with van der Waals surface area (Å²) < 4.78 is 24.8. The fourth-order valence-corrected chi connectivity index (χ4v) is 1.23. The lowest BCUT2D eigenvalue weighted by Gasteiger charge is -2.08. The van der Waals surface area contributed by atoms with Crippen LogP contribution < -0.4 is 0 Å². The van der Waals surface area contributed by atoms with E-state index >= 15 is 0 Å². The molecule has 0 aromatic carbocycles. The molecule has 0 aliphatic carbocycles. The van der Waals surface area contributed by atoms with Crippen LogP contribution in [0.5, 0.6) is 5.75 Å². The summed E-state index contributed by atoms with van der Waals surface area (Å²) in [4.78, 5) is 13.8. The average molecular weight is 238 g/mol. The second kappa shape index (κ2) is 4.39. The van der Waals surface area contributed by atoms with Gasteiger partial charge in [0, 0.05) is 6.20 Å². The van der Waals surface area contributed by atoms with Crippen LogP contribution in [0.2, 0.25) is 5.02 Å². The number of nitrogens with zero attached hydrogens (tertiary/aromatic N) is 1. The van der Waals surface area contributed by atoms with Crippen LogP contribution in [0.1, 0.15) is 17.7 Å². The summed E-state index contributed by atoms with van der Waals surface area (Å²) in [5, 5.41) is 17.3. The van der Waals surface area contributed by atoms with Crippen molar-refractivity contribution in [3.63, 3.8) is 0 Å². The number of aliphatic carboxylic acids is 1. The molecule has 1 rings (SSSR count). The van der Waals surface area contributed by atoms with Gasteiger partial charge in [-0.2, -0.15) is 0 Å². The van der Waals surface area contributed by atoms with Crippen LogP contribution >= 0.6 is 11.6 Å². The smallest absolute Gasteiger partial charge is 0.309 e. The van der Waals surface area contributed by atoms with Gasteiger partial charge in [-0.15, -0.1) is 0 Å². The van der Waals surface area contributed by atoms with E-state index in [0.29, 0.717) is 0 Å². The molecule has 15 heavy (non-hydrogen) atoms. The maximum Gasteiger partial charge on any atom is 0.309 e. The molecule has 0 aliphatic rings. The molecule has 0 radical (unpaired) electrons. The number of hydrogen-bond acceptors (Lipinski definition) is 3. The fourth-order valence-electron chi connectivity index (χ4n) is 1.01. The molecular formula is C8H6ClF2NO3. The van der Waals surface area contributed by atoms with Crippen LogP contribution in [0.15, 0.2) is 6.20 Å². The lowest BCUT2D eigenvalue weighted by atomic mass is 10.1. The topological polar surface area (TPSA) is 70.4 Å². The minimum Gasteiger partial charge on any atom is -0.505 e. The number of carbonyl (C=O) groups is 1. The van der Waals surface area contributed by atoms with Crippen molar-refractivity contribution >= 4 is 17.6 Å². The summed E-state index contributed by atoms with van der Waals surface area (Å²) in [6.45, 7) is 0. The number of hydrogen-bond donors (Lipinski definition) is 2. The van der Waals surface area contributed by atoms with Gasteiger partial charge in [-0.25, -0.2) is 8.78 Å². The highest BCUT2D eigenvalue weighted by Crippen LogP contribution is 2.35. The number of carboxylic acids is 1. The van der Waals surface area contributed by atoms with Crippen molar-refractivity contribution in [2.75, 3.05) is 0 Å². The first-order valence-corrected chi connectivity index (χ1v) is 4.17. The number of aromatic nitrogens is 1. The molecule has 0 unspecified atom stereocenters.